The van der Waals surface area contributed by atoms with E-state index in [0.717, 1.165) is 5.56 Å². The van der Waals surface area contributed by atoms with Crippen molar-refractivity contribution in [1.29, 1.82) is 0 Å². The predicted octanol–water partition coefficient (Wildman–Crippen LogP) is 5.54. The van der Waals surface area contributed by atoms with Crippen LogP contribution in [0.5, 0.6) is 11.5 Å². The summed E-state index contributed by atoms with van der Waals surface area (Å²) in [5, 5.41) is 0. The van der Waals surface area contributed by atoms with E-state index in [-0.39, 0.29) is 18.1 Å². The number of allylic oxidation sites excluding steroid dienone is 3. The van der Waals surface area contributed by atoms with Crippen molar-refractivity contribution in [2.75, 3.05) is 6.61 Å². The first-order valence-electron chi connectivity index (χ1n) is 10.3. The van der Waals surface area contributed by atoms with Gasteiger partial charge >= 0.3 is 5.97 Å². The number of esters is 1. The van der Waals surface area contributed by atoms with Gasteiger partial charge in [0, 0.05) is 11.6 Å². The summed E-state index contributed by atoms with van der Waals surface area (Å²) in [7, 11) is 0. The van der Waals surface area contributed by atoms with Gasteiger partial charge in [0.05, 0.1) is 12.2 Å². The summed E-state index contributed by atoms with van der Waals surface area (Å²) in [6, 6.07) is 23.8. The minimum Gasteiger partial charge on any atom is -0.474 e. The number of carbonyl (C=O) groups excluding carboxylic acids is 2. The predicted molar refractivity (Wildman–Crippen MR) is 121 cm³/mol. The molecule has 0 aromatic heterocycles. The summed E-state index contributed by atoms with van der Waals surface area (Å²) in [6.45, 7) is 1.99. The quantitative estimate of drug-likeness (QED) is 0.367. The van der Waals surface area contributed by atoms with Crippen LogP contribution in [-0.4, -0.2) is 18.4 Å². The van der Waals surface area contributed by atoms with Crippen molar-refractivity contribution in [3.8, 4) is 11.5 Å². The van der Waals surface area contributed by atoms with E-state index in [1.54, 1.807) is 49.4 Å². The number of rotatable bonds is 7. The molecule has 0 spiro atoms. The molecule has 0 saturated carbocycles. The molecule has 0 aliphatic carbocycles. The van der Waals surface area contributed by atoms with Gasteiger partial charge < -0.3 is 14.2 Å². The molecule has 0 N–H and O–H groups in total. The molecule has 1 heterocycles. The lowest BCUT2D eigenvalue weighted by molar-refractivity contribution is -0.151. The van der Waals surface area contributed by atoms with E-state index in [1.165, 1.54) is 0 Å². The Balaban J connectivity index is 1.53. The monoisotopic (exact) mass is 426 g/mol. The number of hydrogen-bond acceptors (Lipinski definition) is 5. The number of ketones is 1. The first kappa shape index (κ1) is 21.1. The molecule has 32 heavy (non-hydrogen) atoms. The maximum absolute atomic E-state index is 12.6. The molecule has 1 aliphatic heterocycles. The Morgan fingerprint density at radius 1 is 1.00 bits per heavy atom. The number of Topliss-reactive ketones (excluding diaryl/α,β-unsaturated/α-hetero) is 1. The van der Waals surface area contributed by atoms with Gasteiger partial charge in [-0.05, 0) is 30.7 Å². The van der Waals surface area contributed by atoms with Crippen molar-refractivity contribution in [3.63, 3.8) is 0 Å². The van der Waals surface area contributed by atoms with E-state index >= 15 is 0 Å². The molecule has 0 bridgehead atoms. The van der Waals surface area contributed by atoms with Crippen LogP contribution in [0.4, 0.5) is 0 Å². The molecule has 3 aromatic rings. The third kappa shape index (κ3) is 4.78. The first-order chi connectivity index (χ1) is 15.7. The molecular weight excluding hydrogens is 404 g/mol. The van der Waals surface area contributed by atoms with Crippen LogP contribution in [0, 0.1) is 0 Å². The van der Waals surface area contributed by atoms with Crippen molar-refractivity contribution in [2.45, 2.75) is 13.0 Å². The van der Waals surface area contributed by atoms with E-state index in [9.17, 15) is 9.59 Å². The van der Waals surface area contributed by atoms with Crippen LogP contribution in [0.15, 0.2) is 96.8 Å². The van der Waals surface area contributed by atoms with Gasteiger partial charge in [-0.2, -0.15) is 0 Å². The van der Waals surface area contributed by atoms with Gasteiger partial charge in [-0.15, -0.1) is 0 Å². The summed E-state index contributed by atoms with van der Waals surface area (Å²) in [5.74, 6) is 0.341. The molecule has 3 aromatic carbocycles. The van der Waals surface area contributed by atoms with Crippen molar-refractivity contribution in [2.24, 2.45) is 0 Å². The zero-order chi connectivity index (χ0) is 22.3. The van der Waals surface area contributed by atoms with E-state index in [2.05, 4.69) is 0 Å². The number of benzene rings is 3. The van der Waals surface area contributed by atoms with Crippen LogP contribution in [0.3, 0.4) is 0 Å². The highest BCUT2D eigenvalue weighted by Crippen LogP contribution is 2.35. The molecule has 0 saturated heterocycles. The maximum Gasteiger partial charge on any atom is 0.352 e. The van der Waals surface area contributed by atoms with Gasteiger partial charge in [-0.25, -0.2) is 4.79 Å². The Labute approximate surface area is 186 Å². The van der Waals surface area contributed by atoms with Crippen LogP contribution in [0.2, 0.25) is 0 Å². The minimum absolute atomic E-state index is 0.200. The van der Waals surface area contributed by atoms with Gasteiger partial charge in [-0.3, -0.25) is 4.79 Å². The van der Waals surface area contributed by atoms with Gasteiger partial charge in [0.25, 0.3) is 0 Å². The Bertz CT molecular complexity index is 1160. The fourth-order valence-corrected chi connectivity index (χ4v) is 3.30. The van der Waals surface area contributed by atoms with E-state index in [0.29, 0.717) is 22.6 Å². The average Bonchev–Trinajstić information content (AvgIpc) is 3.13. The Morgan fingerprint density at radius 2 is 1.72 bits per heavy atom. The van der Waals surface area contributed by atoms with Crippen LogP contribution in [0.25, 0.3) is 6.08 Å². The highest BCUT2D eigenvalue weighted by Gasteiger charge is 2.29. The fraction of sp³-hybridized carbons (Fsp3) is 0.111. The topological polar surface area (TPSA) is 61.8 Å². The third-order valence-electron chi connectivity index (χ3n) is 4.83. The van der Waals surface area contributed by atoms with Crippen molar-refractivity contribution < 1.29 is 23.8 Å². The number of hydrogen-bond donors (Lipinski definition) is 0. The normalized spacial score (nSPS) is 14.8. The van der Waals surface area contributed by atoms with Crippen LogP contribution >= 0.6 is 0 Å². The molecule has 1 aliphatic rings. The maximum atomic E-state index is 12.6. The summed E-state index contributed by atoms with van der Waals surface area (Å²) in [6.07, 6.45) is 4.39. The molecule has 5 nitrogen and oxygen atoms in total. The fourth-order valence-electron chi connectivity index (χ4n) is 3.30. The number of carbonyl (C=O) groups is 2. The van der Waals surface area contributed by atoms with Crippen LogP contribution in [0.1, 0.15) is 34.5 Å². The summed E-state index contributed by atoms with van der Waals surface area (Å²) in [4.78, 5) is 25.1. The molecule has 160 valence electrons. The third-order valence-corrected chi connectivity index (χ3v) is 4.83. The van der Waals surface area contributed by atoms with Crippen molar-refractivity contribution in [1.82, 2.24) is 0 Å². The van der Waals surface area contributed by atoms with Crippen molar-refractivity contribution in [3.05, 3.63) is 113 Å². The Hall–Kier alpha value is -4.12. The second-order valence-corrected chi connectivity index (χ2v) is 7.05. The van der Waals surface area contributed by atoms with Gasteiger partial charge in [-0.1, -0.05) is 72.8 Å². The van der Waals surface area contributed by atoms with Gasteiger partial charge in [0.1, 0.15) is 11.5 Å². The van der Waals surface area contributed by atoms with Crippen molar-refractivity contribution >= 4 is 17.8 Å². The molecule has 1 unspecified atom stereocenters. The second kappa shape index (κ2) is 9.79. The van der Waals surface area contributed by atoms with E-state index in [1.807, 2.05) is 54.6 Å². The lowest BCUT2D eigenvalue weighted by atomic mass is 10.1. The van der Waals surface area contributed by atoms with Crippen LogP contribution in [-0.2, 0) is 9.53 Å². The minimum atomic E-state index is -0.921. The lowest BCUT2D eigenvalue weighted by Gasteiger charge is -2.18. The Morgan fingerprint density at radius 3 is 2.44 bits per heavy atom. The molecule has 4 rings (SSSR count). The van der Waals surface area contributed by atoms with Crippen LogP contribution < -0.4 is 9.47 Å². The van der Waals surface area contributed by atoms with E-state index < -0.39 is 12.1 Å². The molecule has 5 heteroatoms. The standard InChI is InChI=1S/C27H22O5/c1-2-30-27(29)26(20-13-7-4-8-14-20)31-21-16-17-22-24(18-21)32-23(25(22)28)15-9-12-19-10-5-3-6-11-19/h3-18,26H,2H2,1H3. The molecule has 0 fully saturated rings. The molecule has 0 amide bonds. The molecule has 1 atom stereocenters. The zero-order valence-electron chi connectivity index (χ0n) is 17.6. The molecule has 0 radical (unpaired) electrons. The largest absolute Gasteiger partial charge is 0.474 e. The smallest absolute Gasteiger partial charge is 0.352 e. The van der Waals surface area contributed by atoms with Gasteiger partial charge in [0.2, 0.25) is 11.9 Å². The zero-order valence-corrected chi connectivity index (χ0v) is 17.6. The number of fused-ring (bicyclic) bond motifs is 1. The second-order valence-electron chi connectivity index (χ2n) is 7.05. The Kier molecular flexibility index (Phi) is 6.46. The highest BCUT2D eigenvalue weighted by molar-refractivity contribution is 6.12. The lowest BCUT2D eigenvalue weighted by Crippen LogP contribution is -2.21. The molecular formula is C27H22O5. The summed E-state index contributed by atoms with van der Waals surface area (Å²) < 4.78 is 16.9. The SMILES string of the molecule is CCOC(=O)C(Oc1ccc2c(c1)OC(=CC=Cc1ccccc1)C2=O)c1ccccc1. The average molecular weight is 426 g/mol. The summed E-state index contributed by atoms with van der Waals surface area (Å²) in [5.41, 5.74) is 2.15. The van der Waals surface area contributed by atoms with Gasteiger partial charge in [0.15, 0.2) is 5.76 Å². The summed E-state index contributed by atoms with van der Waals surface area (Å²) >= 11 is 0. The number of ether oxygens (including phenoxy) is 3. The highest BCUT2D eigenvalue weighted by atomic mass is 16.6. The first-order valence-corrected chi connectivity index (χ1v) is 10.3. The van der Waals surface area contributed by atoms with E-state index in [4.69, 9.17) is 14.2 Å².